The van der Waals surface area contributed by atoms with E-state index in [1.165, 1.54) is 0 Å². The zero-order valence-corrected chi connectivity index (χ0v) is 14.2. The van der Waals surface area contributed by atoms with Gasteiger partial charge in [-0.05, 0) is 43.5 Å². The van der Waals surface area contributed by atoms with E-state index in [0.717, 1.165) is 11.4 Å². The quantitative estimate of drug-likeness (QED) is 0.846. The van der Waals surface area contributed by atoms with E-state index in [1.54, 1.807) is 28.9 Å². The number of amides is 1. The number of aryl methyl sites for hydroxylation is 1. The van der Waals surface area contributed by atoms with Crippen LogP contribution in [0, 0.1) is 11.3 Å². The minimum atomic E-state index is -0.483. The molecule has 6 heteroatoms. The molecule has 0 saturated heterocycles. The van der Waals surface area contributed by atoms with Crippen LogP contribution in [0.4, 0.5) is 0 Å². The standard InChI is InChI=1S/C18H22N4O2/c1-4-14-17(24-13-9-7-12(11-19)8-10-13)15(5-2)22(21-14)16(6-3)18(20)23/h7-10,16H,4-6H2,1-3H3,(H2,20,23). The van der Waals surface area contributed by atoms with Gasteiger partial charge in [-0.2, -0.15) is 10.4 Å². The van der Waals surface area contributed by atoms with Gasteiger partial charge < -0.3 is 10.5 Å². The van der Waals surface area contributed by atoms with E-state index in [1.807, 2.05) is 20.8 Å². The smallest absolute Gasteiger partial charge is 0.242 e. The fourth-order valence-electron chi connectivity index (χ4n) is 2.65. The van der Waals surface area contributed by atoms with Crippen LogP contribution in [-0.4, -0.2) is 15.7 Å². The predicted molar refractivity (Wildman–Crippen MR) is 90.7 cm³/mol. The molecule has 0 aliphatic carbocycles. The maximum atomic E-state index is 11.7. The van der Waals surface area contributed by atoms with E-state index in [0.29, 0.717) is 36.3 Å². The lowest BCUT2D eigenvalue weighted by molar-refractivity contribution is -0.121. The molecular weight excluding hydrogens is 304 g/mol. The van der Waals surface area contributed by atoms with Gasteiger partial charge in [-0.15, -0.1) is 0 Å². The Labute approximate surface area is 141 Å². The maximum Gasteiger partial charge on any atom is 0.242 e. The second kappa shape index (κ2) is 7.64. The summed E-state index contributed by atoms with van der Waals surface area (Å²) in [5.41, 5.74) is 7.73. The summed E-state index contributed by atoms with van der Waals surface area (Å²) in [6.07, 6.45) is 1.92. The molecule has 0 fully saturated rings. The van der Waals surface area contributed by atoms with Crippen molar-refractivity contribution in [1.29, 1.82) is 5.26 Å². The number of ether oxygens (including phenoxy) is 1. The number of carbonyl (C=O) groups excluding carboxylic acids is 1. The van der Waals surface area contributed by atoms with Crippen molar-refractivity contribution >= 4 is 5.91 Å². The van der Waals surface area contributed by atoms with Gasteiger partial charge in [0.1, 0.15) is 17.5 Å². The van der Waals surface area contributed by atoms with Crippen molar-refractivity contribution in [3.63, 3.8) is 0 Å². The summed E-state index contributed by atoms with van der Waals surface area (Å²) in [6.45, 7) is 5.89. The lowest BCUT2D eigenvalue weighted by Crippen LogP contribution is -2.28. The maximum absolute atomic E-state index is 11.7. The molecule has 0 spiro atoms. The van der Waals surface area contributed by atoms with Crippen LogP contribution in [0.3, 0.4) is 0 Å². The number of nitrogens with zero attached hydrogens (tertiary/aromatic N) is 3. The summed E-state index contributed by atoms with van der Waals surface area (Å²) in [7, 11) is 0. The summed E-state index contributed by atoms with van der Waals surface area (Å²) in [6, 6.07) is 8.50. The van der Waals surface area contributed by atoms with Crippen LogP contribution in [0.25, 0.3) is 0 Å². The molecule has 0 aliphatic heterocycles. The highest BCUT2D eigenvalue weighted by atomic mass is 16.5. The van der Waals surface area contributed by atoms with Crippen LogP contribution < -0.4 is 10.5 Å². The van der Waals surface area contributed by atoms with Crippen LogP contribution in [0.2, 0.25) is 0 Å². The van der Waals surface area contributed by atoms with Crippen LogP contribution in [0.15, 0.2) is 24.3 Å². The van der Waals surface area contributed by atoms with Gasteiger partial charge in [0.2, 0.25) is 5.91 Å². The molecule has 1 atom stereocenters. The summed E-state index contributed by atoms with van der Waals surface area (Å²) in [4.78, 5) is 11.7. The third-order valence-corrected chi connectivity index (χ3v) is 3.91. The molecule has 2 aromatic rings. The Kier molecular flexibility index (Phi) is 5.59. The van der Waals surface area contributed by atoms with Gasteiger partial charge in [-0.3, -0.25) is 9.48 Å². The minimum Gasteiger partial charge on any atom is -0.453 e. The van der Waals surface area contributed by atoms with E-state index in [2.05, 4.69) is 11.2 Å². The fourth-order valence-corrected chi connectivity index (χ4v) is 2.65. The summed E-state index contributed by atoms with van der Waals surface area (Å²) >= 11 is 0. The number of rotatable bonds is 7. The molecule has 126 valence electrons. The first-order chi connectivity index (χ1) is 11.5. The number of carbonyl (C=O) groups is 1. The molecule has 2 rings (SSSR count). The van der Waals surface area contributed by atoms with Crippen molar-refractivity contribution in [2.75, 3.05) is 0 Å². The lowest BCUT2D eigenvalue weighted by Gasteiger charge is -2.15. The molecule has 0 bridgehead atoms. The predicted octanol–water partition coefficient (Wildman–Crippen LogP) is 3.11. The molecule has 24 heavy (non-hydrogen) atoms. The van der Waals surface area contributed by atoms with Crippen molar-refractivity contribution in [3.8, 4) is 17.6 Å². The number of nitriles is 1. The number of primary amides is 1. The van der Waals surface area contributed by atoms with Crippen LogP contribution >= 0.6 is 0 Å². The molecule has 1 heterocycles. The molecule has 0 saturated carbocycles. The van der Waals surface area contributed by atoms with E-state index in [-0.39, 0.29) is 0 Å². The molecule has 2 N–H and O–H groups in total. The van der Waals surface area contributed by atoms with E-state index >= 15 is 0 Å². The highest BCUT2D eigenvalue weighted by Crippen LogP contribution is 2.32. The van der Waals surface area contributed by atoms with E-state index < -0.39 is 11.9 Å². The Hall–Kier alpha value is -2.81. The Morgan fingerprint density at radius 2 is 1.96 bits per heavy atom. The average molecular weight is 326 g/mol. The van der Waals surface area contributed by atoms with Gasteiger partial charge in [0, 0.05) is 0 Å². The topological polar surface area (TPSA) is 93.9 Å². The molecule has 6 nitrogen and oxygen atoms in total. The van der Waals surface area contributed by atoms with Gasteiger partial charge in [0.15, 0.2) is 5.75 Å². The second-order valence-electron chi connectivity index (χ2n) is 5.44. The van der Waals surface area contributed by atoms with E-state index in [4.69, 9.17) is 15.7 Å². The van der Waals surface area contributed by atoms with Crippen LogP contribution in [0.1, 0.15) is 50.2 Å². The Balaban J connectivity index is 2.46. The highest BCUT2D eigenvalue weighted by Gasteiger charge is 2.25. The SMILES string of the molecule is CCc1nn(C(CC)C(N)=O)c(CC)c1Oc1ccc(C#N)cc1. The fraction of sp³-hybridized carbons (Fsp3) is 0.389. The van der Waals surface area contributed by atoms with Crippen LogP contribution in [-0.2, 0) is 17.6 Å². The lowest BCUT2D eigenvalue weighted by atomic mass is 10.2. The molecule has 0 radical (unpaired) electrons. The van der Waals surface area contributed by atoms with Crippen molar-refractivity contribution < 1.29 is 9.53 Å². The van der Waals surface area contributed by atoms with Gasteiger partial charge in [-0.1, -0.05) is 20.8 Å². The first-order valence-corrected chi connectivity index (χ1v) is 8.13. The first kappa shape index (κ1) is 17.5. The van der Waals surface area contributed by atoms with Crippen LogP contribution in [0.5, 0.6) is 11.5 Å². The number of aromatic nitrogens is 2. The normalized spacial score (nSPS) is 11.8. The van der Waals surface area contributed by atoms with Gasteiger partial charge in [0.25, 0.3) is 0 Å². The number of benzene rings is 1. The molecule has 0 aliphatic rings. The molecular formula is C18H22N4O2. The number of nitrogens with two attached hydrogens (primary N) is 1. The van der Waals surface area contributed by atoms with Crippen molar-refractivity contribution in [1.82, 2.24) is 9.78 Å². The first-order valence-electron chi connectivity index (χ1n) is 8.13. The summed E-state index contributed by atoms with van der Waals surface area (Å²) < 4.78 is 7.73. The highest BCUT2D eigenvalue weighted by molar-refractivity contribution is 5.78. The third-order valence-electron chi connectivity index (χ3n) is 3.91. The molecule has 1 aromatic carbocycles. The van der Waals surface area contributed by atoms with Crippen molar-refractivity contribution in [2.45, 2.75) is 46.1 Å². The van der Waals surface area contributed by atoms with Gasteiger partial charge in [-0.25, -0.2) is 0 Å². The minimum absolute atomic E-state index is 0.401. The molecule has 1 amide bonds. The largest absolute Gasteiger partial charge is 0.453 e. The Morgan fingerprint density at radius 1 is 1.29 bits per heavy atom. The summed E-state index contributed by atoms with van der Waals surface area (Å²) in [5, 5.41) is 13.4. The van der Waals surface area contributed by atoms with Gasteiger partial charge in [0.05, 0.1) is 17.3 Å². The van der Waals surface area contributed by atoms with Crippen molar-refractivity contribution in [3.05, 3.63) is 41.2 Å². The Bertz CT molecular complexity index is 757. The second-order valence-corrected chi connectivity index (χ2v) is 5.44. The molecule has 1 unspecified atom stereocenters. The summed E-state index contributed by atoms with van der Waals surface area (Å²) in [5.74, 6) is 0.900. The average Bonchev–Trinajstić information content (AvgIpc) is 2.93. The number of hydrogen-bond donors (Lipinski definition) is 1. The monoisotopic (exact) mass is 326 g/mol. The molecule has 1 aromatic heterocycles. The van der Waals surface area contributed by atoms with Crippen molar-refractivity contribution in [2.24, 2.45) is 5.73 Å². The number of hydrogen-bond acceptors (Lipinski definition) is 4. The Morgan fingerprint density at radius 3 is 2.42 bits per heavy atom. The zero-order valence-electron chi connectivity index (χ0n) is 14.2. The zero-order chi connectivity index (χ0) is 17.7. The van der Waals surface area contributed by atoms with Gasteiger partial charge >= 0.3 is 0 Å². The third kappa shape index (κ3) is 3.40. The van der Waals surface area contributed by atoms with E-state index in [9.17, 15) is 4.79 Å².